The van der Waals surface area contributed by atoms with Crippen molar-refractivity contribution in [3.63, 3.8) is 0 Å². The molecule has 0 heterocycles. The highest BCUT2D eigenvalue weighted by molar-refractivity contribution is 5.72. The molecule has 54 heavy (non-hydrogen) atoms. The predicted octanol–water partition coefficient (Wildman–Crippen LogP) is 11.0. The fraction of sp³-hybridized carbons (Fsp3) is 0.630. The van der Waals surface area contributed by atoms with E-state index < -0.39 is 18.1 Å². The molecule has 0 aliphatic heterocycles. The van der Waals surface area contributed by atoms with E-state index in [9.17, 15) is 19.5 Å². The first-order valence-corrected chi connectivity index (χ1v) is 20.6. The van der Waals surface area contributed by atoms with E-state index >= 15 is 0 Å². The number of carbonyl (C=O) groups excluding carboxylic acids is 2. The molecule has 0 aliphatic rings. The van der Waals surface area contributed by atoms with Gasteiger partial charge in [0.1, 0.15) is 6.61 Å². The van der Waals surface area contributed by atoms with Crippen LogP contribution in [0.2, 0.25) is 0 Å². The number of nitrogens with zero attached hydrogens (tertiary/aromatic N) is 1. The van der Waals surface area contributed by atoms with Crippen LogP contribution in [0.15, 0.2) is 85.1 Å². The monoisotopic (exact) mass is 755 g/mol. The van der Waals surface area contributed by atoms with Crippen LogP contribution in [0.5, 0.6) is 0 Å². The van der Waals surface area contributed by atoms with Crippen LogP contribution in [0, 0.1) is 0 Å². The first-order valence-electron chi connectivity index (χ1n) is 20.6. The standard InChI is InChI=1S/C46H75NO7/c1-6-8-10-12-14-16-18-19-20-21-22-23-24-25-27-28-30-32-34-36-44(48)53-41-42(40-52-39-38-43(46(50)51)47(3,4)5)54-45(49)37-35-33-31-29-26-17-15-13-11-9-7-2/h8,10,13-17,19-20,22-23,25-27,42-43H,6-7,9,11-12,18,21,24,28-41H2,1-5H3/p+1/b10-8+,15-13+,16-14+,20-19+,23-22+,26-17+,27-25+. The zero-order valence-corrected chi connectivity index (χ0v) is 34.6. The van der Waals surface area contributed by atoms with Gasteiger partial charge < -0.3 is 23.8 Å². The third kappa shape index (κ3) is 34.3. The van der Waals surface area contributed by atoms with Crippen LogP contribution in [0.25, 0.3) is 0 Å². The molecule has 0 spiro atoms. The SMILES string of the molecule is CC/C=C/C/C=C/C/C=C/C/C=C/C/C=C/CCCCCC(=O)OCC(COCCC(C(=O)O)[N+](C)(C)C)OC(=O)CCCCC/C=C/C=C/CCCC. The van der Waals surface area contributed by atoms with Crippen LogP contribution >= 0.6 is 0 Å². The molecule has 0 saturated heterocycles. The van der Waals surface area contributed by atoms with E-state index in [1.807, 2.05) is 21.1 Å². The number of likely N-dealkylation sites (N-methyl/N-ethyl adjacent to an activating group) is 1. The zero-order chi connectivity index (χ0) is 40.0. The van der Waals surface area contributed by atoms with E-state index in [0.29, 0.717) is 12.8 Å². The quantitative estimate of drug-likeness (QED) is 0.0226. The van der Waals surface area contributed by atoms with Crippen molar-refractivity contribution in [1.29, 1.82) is 0 Å². The Hall–Kier alpha value is -3.49. The molecule has 2 atom stereocenters. The van der Waals surface area contributed by atoms with E-state index in [2.05, 4.69) is 98.9 Å². The second kappa shape index (κ2) is 36.5. The van der Waals surface area contributed by atoms with Gasteiger partial charge in [0, 0.05) is 19.3 Å². The molecule has 0 amide bonds. The minimum absolute atomic E-state index is 0.0340. The van der Waals surface area contributed by atoms with Crippen LogP contribution < -0.4 is 0 Å². The lowest BCUT2D eigenvalue weighted by Crippen LogP contribution is -2.50. The Bertz CT molecular complexity index is 1160. The molecule has 306 valence electrons. The van der Waals surface area contributed by atoms with Crippen LogP contribution in [-0.2, 0) is 28.6 Å². The molecule has 8 heteroatoms. The van der Waals surface area contributed by atoms with Gasteiger partial charge in [-0.2, -0.15) is 0 Å². The van der Waals surface area contributed by atoms with Crippen molar-refractivity contribution >= 4 is 17.9 Å². The summed E-state index contributed by atoms with van der Waals surface area (Å²) < 4.78 is 17.2. The number of esters is 2. The number of aliphatic carboxylic acids is 1. The summed E-state index contributed by atoms with van der Waals surface area (Å²) in [5.41, 5.74) is 0. The highest BCUT2D eigenvalue weighted by atomic mass is 16.6. The smallest absolute Gasteiger partial charge is 0.362 e. The highest BCUT2D eigenvalue weighted by Crippen LogP contribution is 2.11. The first kappa shape index (κ1) is 50.5. The maximum absolute atomic E-state index is 12.6. The van der Waals surface area contributed by atoms with Gasteiger partial charge in [0.15, 0.2) is 12.1 Å². The van der Waals surface area contributed by atoms with E-state index in [0.717, 1.165) is 89.9 Å². The number of quaternary nitrogens is 1. The van der Waals surface area contributed by atoms with Gasteiger partial charge in [-0.25, -0.2) is 4.79 Å². The number of carboxylic acids is 1. The summed E-state index contributed by atoms with van der Waals surface area (Å²) in [5.74, 6) is -1.56. The van der Waals surface area contributed by atoms with Gasteiger partial charge in [-0.3, -0.25) is 9.59 Å². The maximum Gasteiger partial charge on any atom is 0.362 e. The van der Waals surface area contributed by atoms with Crippen molar-refractivity contribution in [2.75, 3.05) is 41.0 Å². The van der Waals surface area contributed by atoms with Gasteiger partial charge in [-0.05, 0) is 77.0 Å². The molecule has 0 rings (SSSR count). The number of allylic oxidation sites excluding steroid dienone is 14. The third-order valence-corrected chi connectivity index (χ3v) is 8.56. The fourth-order valence-electron chi connectivity index (χ4n) is 5.33. The second-order valence-corrected chi connectivity index (χ2v) is 14.5. The zero-order valence-electron chi connectivity index (χ0n) is 34.6. The summed E-state index contributed by atoms with van der Waals surface area (Å²) in [6.45, 7) is 4.47. The number of unbranched alkanes of at least 4 members (excludes halogenated alkanes) is 8. The molecular weight excluding hydrogens is 679 g/mol. The number of carboxylic acid groups (broad SMARTS) is 1. The molecule has 8 nitrogen and oxygen atoms in total. The van der Waals surface area contributed by atoms with Crippen molar-refractivity contribution in [2.24, 2.45) is 0 Å². The summed E-state index contributed by atoms with van der Waals surface area (Å²) in [6, 6.07) is -0.628. The van der Waals surface area contributed by atoms with Crippen molar-refractivity contribution in [3.05, 3.63) is 85.1 Å². The minimum atomic E-state index is -0.889. The molecule has 0 bridgehead atoms. The Morgan fingerprint density at radius 3 is 1.61 bits per heavy atom. The van der Waals surface area contributed by atoms with Crippen LogP contribution in [0.3, 0.4) is 0 Å². The highest BCUT2D eigenvalue weighted by Gasteiger charge is 2.31. The topological polar surface area (TPSA) is 99.1 Å². The third-order valence-electron chi connectivity index (χ3n) is 8.56. The van der Waals surface area contributed by atoms with E-state index in [1.54, 1.807) is 0 Å². The van der Waals surface area contributed by atoms with Crippen molar-refractivity contribution in [1.82, 2.24) is 0 Å². The van der Waals surface area contributed by atoms with Gasteiger partial charge in [0.2, 0.25) is 0 Å². The van der Waals surface area contributed by atoms with Crippen LogP contribution in [0.4, 0.5) is 0 Å². The van der Waals surface area contributed by atoms with Gasteiger partial charge in [0.05, 0.1) is 34.4 Å². The minimum Gasteiger partial charge on any atom is -0.477 e. The van der Waals surface area contributed by atoms with Crippen molar-refractivity contribution in [2.45, 2.75) is 148 Å². The van der Waals surface area contributed by atoms with Crippen LogP contribution in [-0.4, -0.2) is 80.6 Å². The lowest BCUT2D eigenvalue weighted by atomic mass is 10.1. The Morgan fingerprint density at radius 1 is 0.593 bits per heavy atom. The number of ether oxygens (including phenoxy) is 3. The molecule has 0 radical (unpaired) electrons. The average Bonchev–Trinajstić information content (AvgIpc) is 3.12. The van der Waals surface area contributed by atoms with Gasteiger partial charge >= 0.3 is 17.9 Å². The van der Waals surface area contributed by atoms with Gasteiger partial charge in [-0.15, -0.1) is 0 Å². The average molecular weight is 755 g/mol. The largest absolute Gasteiger partial charge is 0.477 e. The normalized spacial score (nSPS) is 13.9. The second-order valence-electron chi connectivity index (χ2n) is 14.5. The fourth-order valence-corrected chi connectivity index (χ4v) is 5.33. The lowest BCUT2D eigenvalue weighted by molar-refractivity contribution is -0.887. The summed E-state index contributed by atoms with van der Waals surface area (Å²) >= 11 is 0. The Kier molecular flexibility index (Phi) is 34.1. The molecule has 0 aromatic carbocycles. The molecule has 0 saturated carbocycles. The lowest BCUT2D eigenvalue weighted by Gasteiger charge is -2.31. The number of rotatable bonds is 35. The maximum atomic E-state index is 12.6. The molecule has 0 aromatic rings. The van der Waals surface area contributed by atoms with Crippen molar-refractivity contribution in [3.8, 4) is 0 Å². The first-order chi connectivity index (χ1) is 26.1. The Balaban J connectivity index is 4.46. The Morgan fingerprint density at radius 2 is 1.09 bits per heavy atom. The molecule has 1 N–H and O–H groups in total. The van der Waals surface area contributed by atoms with Crippen LogP contribution in [0.1, 0.15) is 136 Å². The number of hydrogen-bond donors (Lipinski definition) is 1. The summed E-state index contributed by atoms with van der Waals surface area (Å²) in [5, 5.41) is 9.59. The van der Waals surface area contributed by atoms with Crippen molar-refractivity contribution < 1.29 is 38.2 Å². The summed E-state index contributed by atoms with van der Waals surface area (Å²) in [7, 11) is 5.49. The van der Waals surface area contributed by atoms with Gasteiger partial charge in [-0.1, -0.05) is 125 Å². The number of carbonyl (C=O) groups is 3. The Labute approximate surface area is 329 Å². The number of hydrogen-bond acceptors (Lipinski definition) is 6. The van der Waals surface area contributed by atoms with E-state index in [1.165, 1.54) is 12.8 Å². The molecular formula is C46H76NO7+. The summed E-state index contributed by atoms with van der Waals surface area (Å²) in [6.07, 6.45) is 46.3. The van der Waals surface area contributed by atoms with Gasteiger partial charge in [0.25, 0.3) is 0 Å². The molecule has 0 aliphatic carbocycles. The predicted molar refractivity (Wildman–Crippen MR) is 224 cm³/mol. The van der Waals surface area contributed by atoms with E-state index in [-0.39, 0.29) is 42.7 Å². The molecule has 2 unspecified atom stereocenters. The van der Waals surface area contributed by atoms with E-state index in [4.69, 9.17) is 14.2 Å². The summed E-state index contributed by atoms with van der Waals surface area (Å²) in [4.78, 5) is 36.8. The molecule has 0 aromatic heterocycles. The molecule has 0 fully saturated rings.